The van der Waals surface area contributed by atoms with E-state index in [0.29, 0.717) is 23.9 Å². The van der Waals surface area contributed by atoms with Gasteiger partial charge in [-0.3, -0.25) is 0 Å². The maximum atomic E-state index is 13.9. The standard InChI is InChI=1S/C26H38N2O2S/c1-19(2)23-16-24(20(3)4)26(25(17-23)21(5)6)31(29,30)28-14-12-27(13-15-28)18-22-10-8-7-9-11-22/h7-11,16-17,19-21H,12-15,18H2,1-6H3/p+1. The Hall–Kier alpha value is -1.69. The van der Waals surface area contributed by atoms with Gasteiger partial charge in [-0.1, -0.05) is 84.0 Å². The summed E-state index contributed by atoms with van der Waals surface area (Å²) in [6.45, 7) is 16.5. The van der Waals surface area contributed by atoms with Crippen molar-refractivity contribution in [3.05, 3.63) is 64.7 Å². The third kappa shape index (κ3) is 5.39. The lowest BCUT2D eigenvalue weighted by Gasteiger charge is -2.33. The molecule has 1 fully saturated rings. The Balaban J connectivity index is 1.89. The van der Waals surface area contributed by atoms with Gasteiger partial charge in [0.1, 0.15) is 6.54 Å². The van der Waals surface area contributed by atoms with Crippen LogP contribution in [0.3, 0.4) is 0 Å². The van der Waals surface area contributed by atoms with Crippen molar-refractivity contribution >= 4 is 10.0 Å². The van der Waals surface area contributed by atoms with Gasteiger partial charge in [-0.05, 0) is 34.4 Å². The molecule has 0 aromatic heterocycles. The van der Waals surface area contributed by atoms with Crippen molar-refractivity contribution in [2.75, 3.05) is 26.2 Å². The lowest BCUT2D eigenvalue weighted by atomic mass is 9.89. The predicted molar refractivity (Wildman–Crippen MR) is 128 cm³/mol. The fourth-order valence-corrected chi connectivity index (χ4v) is 6.53. The van der Waals surface area contributed by atoms with Crippen molar-refractivity contribution < 1.29 is 13.3 Å². The maximum Gasteiger partial charge on any atom is 0.244 e. The Bertz CT molecular complexity index is 945. The van der Waals surface area contributed by atoms with Gasteiger partial charge in [0.15, 0.2) is 0 Å². The zero-order chi connectivity index (χ0) is 22.8. The molecule has 1 N–H and O–H groups in total. The minimum atomic E-state index is -3.53. The number of quaternary nitrogens is 1. The third-order valence-electron chi connectivity index (χ3n) is 6.40. The fraction of sp³-hybridized carbons (Fsp3) is 0.538. The minimum Gasteiger partial charge on any atom is -0.329 e. The second-order valence-electron chi connectivity index (χ2n) is 9.81. The van der Waals surface area contributed by atoms with Crippen molar-refractivity contribution in [1.82, 2.24) is 4.31 Å². The van der Waals surface area contributed by atoms with Gasteiger partial charge in [0, 0.05) is 5.56 Å². The van der Waals surface area contributed by atoms with Crippen LogP contribution in [-0.2, 0) is 16.6 Å². The van der Waals surface area contributed by atoms with Crippen molar-refractivity contribution in [3.8, 4) is 0 Å². The number of nitrogens with one attached hydrogen (secondary N) is 1. The first-order chi connectivity index (χ1) is 14.6. The molecule has 0 bridgehead atoms. The Labute approximate surface area is 189 Å². The number of hydrogen-bond donors (Lipinski definition) is 1. The number of rotatable bonds is 7. The summed E-state index contributed by atoms with van der Waals surface area (Å²) in [7, 11) is -3.53. The van der Waals surface area contributed by atoms with Crippen LogP contribution >= 0.6 is 0 Å². The van der Waals surface area contributed by atoms with E-state index in [0.717, 1.165) is 30.8 Å². The van der Waals surface area contributed by atoms with E-state index in [2.05, 4.69) is 77.9 Å². The molecule has 4 nitrogen and oxygen atoms in total. The molecule has 2 aromatic carbocycles. The van der Waals surface area contributed by atoms with Crippen LogP contribution in [0.5, 0.6) is 0 Å². The average molecular weight is 444 g/mol. The molecule has 0 radical (unpaired) electrons. The highest BCUT2D eigenvalue weighted by molar-refractivity contribution is 7.89. The Morgan fingerprint density at radius 3 is 1.81 bits per heavy atom. The van der Waals surface area contributed by atoms with E-state index in [1.165, 1.54) is 16.0 Å². The van der Waals surface area contributed by atoms with Crippen molar-refractivity contribution in [2.45, 2.75) is 70.7 Å². The Morgan fingerprint density at radius 1 is 0.839 bits per heavy atom. The van der Waals surface area contributed by atoms with Crippen LogP contribution in [0.1, 0.15) is 81.5 Å². The zero-order valence-corrected chi connectivity index (χ0v) is 20.8. The number of nitrogens with zero attached hydrogens (tertiary/aromatic N) is 1. The largest absolute Gasteiger partial charge is 0.329 e. The lowest BCUT2D eigenvalue weighted by Crippen LogP contribution is -3.13. The van der Waals surface area contributed by atoms with E-state index in [9.17, 15) is 8.42 Å². The highest BCUT2D eigenvalue weighted by atomic mass is 32.2. The molecular formula is C26H39N2O2S+. The van der Waals surface area contributed by atoms with E-state index in [-0.39, 0.29) is 11.8 Å². The summed E-state index contributed by atoms with van der Waals surface area (Å²) in [6, 6.07) is 14.7. The van der Waals surface area contributed by atoms with Crippen LogP contribution in [0.4, 0.5) is 0 Å². The van der Waals surface area contributed by atoms with Gasteiger partial charge in [0.05, 0.1) is 31.1 Å². The van der Waals surface area contributed by atoms with Gasteiger partial charge in [0.25, 0.3) is 0 Å². The monoisotopic (exact) mass is 443 g/mol. The zero-order valence-electron chi connectivity index (χ0n) is 20.0. The van der Waals surface area contributed by atoms with Crippen LogP contribution in [-0.4, -0.2) is 38.9 Å². The SMILES string of the molecule is CC(C)c1cc(C(C)C)c(S(=O)(=O)N2CC[NH+](Cc3ccccc3)CC2)c(C(C)C)c1. The number of hydrogen-bond acceptors (Lipinski definition) is 2. The van der Waals surface area contributed by atoms with E-state index in [1.54, 1.807) is 4.31 Å². The molecule has 1 heterocycles. The maximum absolute atomic E-state index is 13.9. The van der Waals surface area contributed by atoms with Crippen molar-refractivity contribution in [1.29, 1.82) is 0 Å². The summed E-state index contributed by atoms with van der Waals surface area (Å²) in [5, 5.41) is 0. The molecular weight excluding hydrogens is 404 g/mol. The summed E-state index contributed by atoms with van der Waals surface area (Å²) in [5.41, 5.74) is 4.47. The van der Waals surface area contributed by atoms with Crippen LogP contribution in [0.25, 0.3) is 0 Å². The quantitative estimate of drug-likeness (QED) is 0.699. The van der Waals surface area contributed by atoms with Gasteiger partial charge in [-0.15, -0.1) is 0 Å². The van der Waals surface area contributed by atoms with Gasteiger partial charge < -0.3 is 4.90 Å². The molecule has 1 aliphatic rings. The van der Waals surface area contributed by atoms with Crippen molar-refractivity contribution in [3.63, 3.8) is 0 Å². The molecule has 0 amide bonds. The predicted octanol–water partition coefficient (Wildman–Crippen LogP) is 4.15. The molecule has 31 heavy (non-hydrogen) atoms. The first-order valence-electron chi connectivity index (χ1n) is 11.7. The average Bonchev–Trinajstić information content (AvgIpc) is 2.73. The minimum absolute atomic E-state index is 0.158. The van der Waals surface area contributed by atoms with Crippen LogP contribution in [0.2, 0.25) is 0 Å². The first-order valence-corrected chi connectivity index (χ1v) is 13.1. The van der Waals surface area contributed by atoms with Gasteiger partial charge in [-0.2, -0.15) is 4.31 Å². The Morgan fingerprint density at radius 2 is 1.35 bits per heavy atom. The highest BCUT2D eigenvalue weighted by Crippen LogP contribution is 2.36. The van der Waals surface area contributed by atoms with Crippen LogP contribution in [0.15, 0.2) is 47.4 Å². The fourth-order valence-electron chi connectivity index (χ4n) is 4.42. The van der Waals surface area contributed by atoms with Gasteiger partial charge >= 0.3 is 0 Å². The van der Waals surface area contributed by atoms with E-state index < -0.39 is 10.0 Å². The van der Waals surface area contributed by atoms with Gasteiger partial charge in [-0.25, -0.2) is 8.42 Å². The van der Waals surface area contributed by atoms with E-state index >= 15 is 0 Å². The molecule has 3 rings (SSSR count). The molecule has 5 heteroatoms. The lowest BCUT2D eigenvalue weighted by molar-refractivity contribution is -0.917. The summed E-state index contributed by atoms with van der Waals surface area (Å²) >= 11 is 0. The second kappa shape index (κ2) is 9.85. The molecule has 1 aliphatic heterocycles. The molecule has 2 aromatic rings. The summed E-state index contributed by atoms with van der Waals surface area (Å²) in [6.07, 6.45) is 0. The normalized spacial score (nSPS) is 16.5. The van der Waals surface area contributed by atoms with Gasteiger partial charge in [0.2, 0.25) is 10.0 Å². The highest BCUT2D eigenvalue weighted by Gasteiger charge is 2.35. The van der Waals surface area contributed by atoms with Crippen molar-refractivity contribution in [2.24, 2.45) is 0 Å². The third-order valence-corrected chi connectivity index (χ3v) is 8.44. The van der Waals surface area contributed by atoms with E-state index in [1.807, 2.05) is 6.07 Å². The molecule has 0 saturated carbocycles. The summed E-state index contributed by atoms with van der Waals surface area (Å²) in [4.78, 5) is 2.01. The number of sulfonamides is 1. The summed E-state index contributed by atoms with van der Waals surface area (Å²) < 4.78 is 29.5. The topological polar surface area (TPSA) is 41.8 Å². The second-order valence-corrected chi connectivity index (χ2v) is 11.7. The number of benzene rings is 2. The van der Waals surface area contributed by atoms with Crippen LogP contribution in [0, 0.1) is 0 Å². The molecule has 0 aliphatic carbocycles. The van der Waals surface area contributed by atoms with Crippen LogP contribution < -0.4 is 4.90 Å². The Kier molecular flexibility index (Phi) is 7.61. The molecule has 0 atom stereocenters. The number of piperazine rings is 1. The van der Waals surface area contributed by atoms with E-state index in [4.69, 9.17) is 0 Å². The molecule has 1 saturated heterocycles. The summed E-state index contributed by atoms with van der Waals surface area (Å²) in [5.74, 6) is 0.689. The smallest absolute Gasteiger partial charge is 0.244 e. The molecule has 170 valence electrons. The molecule has 0 unspecified atom stereocenters. The molecule has 0 spiro atoms. The first kappa shape index (κ1) is 24.0.